The number of rotatable bonds is 2. The molecule has 3 heteroatoms. The van der Waals surface area contributed by atoms with Crippen LogP contribution in [0.5, 0.6) is 0 Å². The van der Waals surface area contributed by atoms with Gasteiger partial charge in [-0.15, -0.1) is 11.3 Å². The topological polar surface area (TPSA) is 17.8 Å². The third-order valence-corrected chi connectivity index (χ3v) is 2.70. The highest BCUT2D eigenvalue weighted by atomic mass is 32.1. The zero-order valence-corrected chi connectivity index (χ0v) is 7.71. The van der Waals surface area contributed by atoms with Gasteiger partial charge in [0, 0.05) is 17.3 Å². The van der Waals surface area contributed by atoms with Gasteiger partial charge in [0.15, 0.2) is 0 Å². The molecule has 0 spiro atoms. The van der Waals surface area contributed by atoms with Gasteiger partial charge in [0.1, 0.15) is 0 Å². The summed E-state index contributed by atoms with van der Waals surface area (Å²) in [5, 5.41) is 6.31. The molecule has 0 saturated carbocycles. The predicted octanol–water partition coefficient (Wildman–Crippen LogP) is 2.30. The van der Waals surface area contributed by atoms with Crippen molar-refractivity contribution in [3.05, 3.63) is 40.3 Å². The highest BCUT2D eigenvalue weighted by Gasteiger charge is 1.96. The van der Waals surface area contributed by atoms with Gasteiger partial charge < -0.3 is 0 Å². The molecular weight excluding hydrogens is 168 g/mol. The fraction of sp³-hybridized carbons (Fsp3) is 0.222. The molecule has 0 aliphatic rings. The summed E-state index contributed by atoms with van der Waals surface area (Å²) in [6.07, 6.45) is 3.79. The van der Waals surface area contributed by atoms with Gasteiger partial charge in [-0.1, -0.05) is 0 Å². The average molecular weight is 178 g/mol. The highest BCUT2D eigenvalue weighted by Crippen LogP contribution is 2.14. The van der Waals surface area contributed by atoms with E-state index in [1.165, 1.54) is 10.4 Å². The van der Waals surface area contributed by atoms with E-state index in [2.05, 4.69) is 23.5 Å². The Labute approximate surface area is 75.5 Å². The molecule has 2 aromatic rings. The number of aryl methyl sites for hydroxylation is 1. The minimum absolute atomic E-state index is 0.894. The summed E-state index contributed by atoms with van der Waals surface area (Å²) >= 11 is 1.79. The molecule has 12 heavy (non-hydrogen) atoms. The van der Waals surface area contributed by atoms with E-state index in [0.29, 0.717) is 0 Å². The minimum Gasteiger partial charge on any atom is -0.268 e. The Balaban J connectivity index is 2.14. The summed E-state index contributed by atoms with van der Waals surface area (Å²) in [4.78, 5) is 1.36. The predicted molar refractivity (Wildman–Crippen MR) is 50.4 cm³/mol. The van der Waals surface area contributed by atoms with Crippen LogP contribution in [0.3, 0.4) is 0 Å². The summed E-state index contributed by atoms with van der Waals surface area (Å²) in [6, 6.07) is 4.15. The Kier molecular flexibility index (Phi) is 1.96. The summed E-state index contributed by atoms with van der Waals surface area (Å²) in [6.45, 7) is 3.01. The molecule has 0 radical (unpaired) electrons. The van der Waals surface area contributed by atoms with Crippen LogP contribution in [-0.4, -0.2) is 9.78 Å². The second-order valence-corrected chi connectivity index (χ2v) is 3.79. The monoisotopic (exact) mass is 178 g/mol. The van der Waals surface area contributed by atoms with E-state index in [0.717, 1.165) is 6.54 Å². The first-order valence-electron chi connectivity index (χ1n) is 3.86. The third-order valence-electron chi connectivity index (χ3n) is 1.66. The summed E-state index contributed by atoms with van der Waals surface area (Å²) in [7, 11) is 0. The number of nitrogens with zero attached hydrogens (tertiary/aromatic N) is 2. The second-order valence-electron chi connectivity index (χ2n) is 2.79. The van der Waals surface area contributed by atoms with Gasteiger partial charge >= 0.3 is 0 Å². The van der Waals surface area contributed by atoms with E-state index >= 15 is 0 Å². The largest absolute Gasteiger partial charge is 0.268 e. The third kappa shape index (κ3) is 1.56. The van der Waals surface area contributed by atoms with Gasteiger partial charge in [0.25, 0.3) is 0 Å². The summed E-state index contributed by atoms with van der Waals surface area (Å²) in [5.74, 6) is 0. The Morgan fingerprint density at radius 2 is 2.50 bits per heavy atom. The van der Waals surface area contributed by atoms with Gasteiger partial charge in [-0.2, -0.15) is 5.10 Å². The van der Waals surface area contributed by atoms with Crippen LogP contribution in [0.4, 0.5) is 0 Å². The van der Waals surface area contributed by atoms with Crippen molar-refractivity contribution in [2.45, 2.75) is 13.5 Å². The molecular formula is C9H10N2S. The Bertz CT molecular complexity index is 348. The van der Waals surface area contributed by atoms with Crippen LogP contribution in [0.2, 0.25) is 0 Å². The van der Waals surface area contributed by atoms with Crippen LogP contribution in [0, 0.1) is 6.92 Å². The molecule has 2 nitrogen and oxygen atoms in total. The van der Waals surface area contributed by atoms with Crippen LogP contribution in [0.25, 0.3) is 0 Å². The number of hydrogen-bond acceptors (Lipinski definition) is 2. The molecule has 2 aromatic heterocycles. The van der Waals surface area contributed by atoms with Crippen LogP contribution < -0.4 is 0 Å². The fourth-order valence-electron chi connectivity index (χ4n) is 1.13. The van der Waals surface area contributed by atoms with Gasteiger partial charge in [-0.3, -0.25) is 4.68 Å². The Morgan fingerprint density at radius 3 is 3.08 bits per heavy atom. The number of thiophene rings is 1. The molecule has 0 unspecified atom stereocenters. The standard InChI is InChI=1S/C9H10N2S/c1-8-5-9(12-7-8)6-11-4-2-3-10-11/h2-5,7H,6H2,1H3. The van der Waals surface area contributed by atoms with Crippen molar-refractivity contribution in [2.24, 2.45) is 0 Å². The molecule has 2 heterocycles. The quantitative estimate of drug-likeness (QED) is 0.690. The molecule has 0 atom stereocenters. The van der Waals surface area contributed by atoms with Crippen LogP contribution in [-0.2, 0) is 6.54 Å². The van der Waals surface area contributed by atoms with Gasteiger partial charge in [0.2, 0.25) is 0 Å². The number of hydrogen-bond donors (Lipinski definition) is 0. The van der Waals surface area contributed by atoms with Gasteiger partial charge in [-0.05, 0) is 30.0 Å². The Morgan fingerprint density at radius 1 is 1.58 bits per heavy atom. The molecule has 0 bridgehead atoms. The van der Waals surface area contributed by atoms with Crippen molar-refractivity contribution in [1.82, 2.24) is 9.78 Å². The lowest BCUT2D eigenvalue weighted by Crippen LogP contribution is -1.96. The van der Waals surface area contributed by atoms with E-state index < -0.39 is 0 Å². The zero-order valence-electron chi connectivity index (χ0n) is 6.90. The van der Waals surface area contributed by atoms with Crippen molar-refractivity contribution in [3.63, 3.8) is 0 Å². The minimum atomic E-state index is 0.894. The molecule has 0 amide bonds. The lowest BCUT2D eigenvalue weighted by Gasteiger charge is -1.95. The van der Waals surface area contributed by atoms with E-state index in [1.54, 1.807) is 17.5 Å². The average Bonchev–Trinajstić information content (AvgIpc) is 2.63. The van der Waals surface area contributed by atoms with E-state index in [4.69, 9.17) is 0 Å². The van der Waals surface area contributed by atoms with Crippen molar-refractivity contribution >= 4 is 11.3 Å². The second kappa shape index (κ2) is 3.11. The molecule has 0 fully saturated rings. The van der Waals surface area contributed by atoms with Crippen LogP contribution >= 0.6 is 11.3 Å². The summed E-state index contributed by atoms with van der Waals surface area (Å²) in [5.41, 5.74) is 1.34. The van der Waals surface area contributed by atoms with E-state index in [9.17, 15) is 0 Å². The number of aromatic nitrogens is 2. The molecule has 0 aromatic carbocycles. The molecule has 62 valence electrons. The molecule has 2 rings (SSSR count). The van der Waals surface area contributed by atoms with Gasteiger partial charge in [0.05, 0.1) is 6.54 Å². The SMILES string of the molecule is Cc1csc(Cn2cccn2)c1. The molecule has 0 aliphatic carbocycles. The first-order chi connectivity index (χ1) is 5.84. The van der Waals surface area contributed by atoms with Crippen LogP contribution in [0.15, 0.2) is 29.9 Å². The van der Waals surface area contributed by atoms with Gasteiger partial charge in [-0.25, -0.2) is 0 Å². The normalized spacial score (nSPS) is 10.4. The smallest absolute Gasteiger partial charge is 0.0752 e. The van der Waals surface area contributed by atoms with Crippen molar-refractivity contribution in [1.29, 1.82) is 0 Å². The molecule has 0 aliphatic heterocycles. The molecule has 0 saturated heterocycles. The van der Waals surface area contributed by atoms with Crippen LogP contribution in [0.1, 0.15) is 10.4 Å². The zero-order chi connectivity index (χ0) is 8.39. The maximum Gasteiger partial charge on any atom is 0.0752 e. The first kappa shape index (κ1) is 7.55. The van der Waals surface area contributed by atoms with Crippen molar-refractivity contribution < 1.29 is 0 Å². The lowest BCUT2D eigenvalue weighted by atomic mass is 10.3. The lowest BCUT2D eigenvalue weighted by molar-refractivity contribution is 0.694. The highest BCUT2D eigenvalue weighted by molar-refractivity contribution is 7.10. The van der Waals surface area contributed by atoms with E-state index in [1.807, 2.05) is 16.9 Å². The van der Waals surface area contributed by atoms with Crippen molar-refractivity contribution in [2.75, 3.05) is 0 Å². The molecule has 0 N–H and O–H groups in total. The van der Waals surface area contributed by atoms with Crippen molar-refractivity contribution in [3.8, 4) is 0 Å². The first-order valence-corrected chi connectivity index (χ1v) is 4.74. The summed E-state index contributed by atoms with van der Waals surface area (Å²) < 4.78 is 1.94. The Hall–Kier alpha value is -1.09. The van der Waals surface area contributed by atoms with E-state index in [-0.39, 0.29) is 0 Å². The maximum absolute atomic E-state index is 4.14. The maximum atomic E-state index is 4.14. The fourth-order valence-corrected chi connectivity index (χ4v) is 1.99.